The molecule has 28 heavy (non-hydrogen) atoms. The monoisotopic (exact) mass is 466 g/mol. The zero-order valence-corrected chi connectivity index (χ0v) is 17.7. The summed E-state index contributed by atoms with van der Waals surface area (Å²) in [7, 11) is 0. The number of piperazine rings is 1. The summed E-state index contributed by atoms with van der Waals surface area (Å²) in [5, 5.41) is 6.13. The summed E-state index contributed by atoms with van der Waals surface area (Å²) in [5.74, 6) is 0.391. The fourth-order valence-electron chi connectivity index (χ4n) is 2.84. The summed E-state index contributed by atoms with van der Waals surface area (Å²) >= 11 is 4.68. The molecule has 0 unspecified atom stereocenters. The van der Waals surface area contributed by atoms with Gasteiger partial charge in [0.05, 0.1) is 18.7 Å². The van der Waals surface area contributed by atoms with Crippen LogP contribution in [0.5, 0.6) is 0 Å². The minimum Gasteiger partial charge on any atom is -0.463 e. The molecule has 4 rings (SSSR count). The first kappa shape index (κ1) is 20.6. The molecule has 1 aromatic heterocycles. The standard InChI is InChI=1S/C13H16N4O2S.C6H4BrF/c1-2-19-13(18)9-7-16-11(12-15-4-6-20-12)17-5-3-14-8-10(9)17;7-5-2-1-3-6(8)4-5/h4,6,14H,2-3,5,7-8H2,1H3;1-4H. The molecule has 0 radical (unpaired) electrons. The van der Waals surface area contributed by atoms with E-state index in [4.69, 9.17) is 4.74 Å². The van der Waals surface area contributed by atoms with Crippen LogP contribution in [-0.4, -0.2) is 54.5 Å². The van der Waals surface area contributed by atoms with E-state index in [0.29, 0.717) is 25.3 Å². The molecule has 0 atom stereocenters. The number of ether oxygens (including phenoxy) is 1. The SMILES string of the molecule is CCOC(=O)C1=C2CNCCN2C(c2nccs2)=NC1.Fc1cccc(Br)c1. The van der Waals surface area contributed by atoms with Gasteiger partial charge in [0.2, 0.25) is 0 Å². The number of carbonyl (C=O) groups is 1. The Morgan fingerprint density at radius 1 is 1.46 bits per heavy atom. The van der Waals surface area contributed by atoms with E-state index in [2.05, 4.69) is 36.1 Å². The van der Waals surface area contributed by atoms with Crippen LogP contribution in [0.2, 0.25) is 0 Å². The number of nitrogens with zero attached hydrogens (tertiary/aromatic N) is 3. The van der Waals surface area contributed by atoms with Gasteiger partial charge in [-0.05, 0) is 25.1 Å². The molecule has 0 amide bonds. The second kappa shape index (κ2) is 9.90. The number of rotatable bonds is 3. The minimum atomic E-state index is -0.266. The van der Waals surface area contributed by atoms with Crippen molar-refractivity contribution >= 4 is 39.1 Å². The summed E-state index contributed by atoms with van der Waals surface area (Å²) in [6.45, 7) is 4.87. The zero-order chi connectivity index (χ0) is 19.9. The van der Waals surface area contributed by atoms with E-state index in [1.165, 1.54) is 12.1 Å². The van der Waals surface area contributed by atoms with Gasteiger partial charge in [0.25, 0.3) is 0 Å². The Bertz CT molecular complexity index is 869. The van der Waals surface area contributed by atoms with E-state index in [9.17, 15) is 9.18 Å². The molecular weight excluding hydrogens is 447 g/mol. The van der Waals surface area contributed by atoms with Crippen LogP contribution in [0.3, 0.4) is 0 Å². The second-order valence-electron chi connectivity index (χ2n) is 5.89. The van der Waals surface area contributed by atoms with E-state index in [0.717, 1.165) is 34.1 Å². The van der Waals surface area contributed by atoms with Crippen LogP contribution >= 0.6 is 27.3 Å². The van der Waals surface area contributed by atoms with Crippen molar-refractivity contribution in [2.45, 2.75) is 6.92 Å². The van der Waals surface area contributed by atoms with Gasteiger partial charge in [0.15, 0.2) is 10.8 Å². The number of hydrogen-bond donors (Lipinski definition) is 1. The third kappa shape index (κ3) is 5.03. The Balaban J connectivity index is 0.000000236. The van der Waals surface area contributed by atoms with Gasteiger partial charge in [-0.25, -0.2) is 14.2 Å². The predicted octanol–water partition coefficient (Wildman–Crippen LogP) is 3.21. The van der Waals surface area contributed by atoms with Crippen molar-refractivity contribution in [3.63, 3.8) is 0 Å². The van der Waals surface area contributed by atoms with Gasteiger partial charge in [-0.1, -0.05) is 22.0 Å². The lowest BCUT2D eigenvalue weighted by molar-refractivity contribution is -0.138. The van der Waals surface area contributed by atoms with Crippen LogP contribution in [0.25, 0.3) is 0 Å². The Hall–Kier alpha value is -2.10. The summed E-state index contributed by atoms with van der Waals surface area (Å²) < 4.78 is 18.0. The quantitative estimate of drug-likeness (QED) is 0.703. The molecule has 9 heteroatoms. The van der Waals surface area contributed by atoms with Crippen LogP contribution in [-0.2, 0) is 9.53 Å². The molecule has 3 heterocycles. The van der Waals surface area contributed by atoms with Gasteiger partial charge in [-0.2, -0.15) is 0 Å². The maximum Gasteiger partial charge on any atom is 0.337 e. The second-order valence-corrected chi connectivity index (χ2v) is 7.70. The van der Waals surface area contributed by atoms with Gasteiger partial charge in [-0.15, -0.1) is 11.3 Å². The summed E-state index contributed by atoms with van der Waals surface area (Å²) in [5.41, 5.74) is 1.62. The van der Waals surface area contributed by atoms with Gasteiger partial charge in [0, 0.05) is 41.4 Å². The number of esters is 1. The molecule has 0 saturated carbocycles. The molecule has 2 aliphatic rings. The van der Waals surface area contributed by atoms with E-state index in [-0.39, 0.29) is 11.8 Å². The first-order valence-electron chi connectivity index (χ1n) is 8.83. The molecule has 0 bridgehead atoms. The highest BCUT2D eigenvalue weighted by atomic mass is 79.9. The lowest BCUT2D eigenvalue weighted by Gasteiger charge is -2.36. The highest BCUT2D eigenvalue weighted by molar-refractivity contribution is 9.10. The Morgan fingerprint density at radius 2 is 2.32 bits per heavy atom. The first-order chi connectivity index (χ1) is 13.6. The molecule has 148 valence electrons. The van der Waals surface area contributed by atoms with Gasteiger partial charge < -0.3 is 15.0 Å². The lowest BCUT2D eigenvalue weighted by atomic mass is 10.1. The average molecular weight is 467 g/mol. The van der Waals surface area contributed by atoms with Crippen molar-refractivity contribution in [1.82, 2.24) is 15.2 Å². The number of amidine groups is 1. The Labute approximate surface area is 175 Å². The number of aliphatic imine (C=N–C) groups is 1. The van der Waals surface area contributed by atoms with Crippen molar-refractivity contribution in [3.05, 3.63) is 62.4 Å². The molecule has 1 aromatic carbocycles. The largest absolute Gasteiger partial charge is 0.463 e. The number of nitrogens with one attached hydrogen (secondary N) is 1. The van der Waals surface area contributed by atoms with E-state index < -0.39 is 0 Å². The first-order valence-corrected chi connectivity index (χ1v) is 10.5. The van der Waals surface area contributed by atoms with Gasteiger partial charge in [-0.3, -0.25) is 4.99 Å². The number of halogens is 2. The summed E-state index contributed by atoms with van der Waals surface area (Å²) in [6, 6.07) is 6.26. The summed E-state index contributed by atoms with van der Waals surface area (Å²) in [4.78, 5) is 23.0. The summed E-state index contributed by atoms with van der Waals surface area (Å²) in [6.07, 6.45) is 1.77. The fraction of sp³-hybridized carbons (Fsp3) is 0.316. The number of aromatic nitrogens is 1. The molecule has 1 saturated heterocycles. The van der Waals surface area contributed by atoms with E-state index in [1.807, 2.05) is 12.3 Å². The average Bonchev–Trinajstić information content (AvgIpc) is 3.22. The number of carbonyl (C=O) groups excluding carboxylic acids is 1. The number of hydrogen-bond acceptors (Lipinski definition) is 7. The molecule has 2 aromatic rings. The highest BCUT2D eigenvalue weighted by Crippen LogP contribution is 2.24. The third-order valence-electron chi connectivity index (χ3n) is 4.05. The van der Waals surface area contributed by atoms with E-state index in [1.54, 1.807) is 29.7 Å². The maximum absolute atomic E-state index is 12.1. The number of thiazole rings is 1. The fourth-order valence-corrected chi connectivity index (χ4v) is 3.86. The van der Waals surface area contributed by atoms with Crippen LogP contribution in [0.4, 0.5) is 4.39 Å². The van der Waals surface area contributed by atoms with Crippen LogP contribution in [0, 0.1) is 5.82 Å². The van der Waals surface area contributed by atoms with Gasteiger partial charge >= 0.3 is 5.97 Å². The molecule has 0 aliphatic carbocycles. The van der Waals surface area contributed by atoms with Crippen LogP contribution in [0.15, 0.2) is 56.6 Å². The van der Waals surface area contributed by atoms with Crippen molar-refractivity contribution in [2.24, 2.45) is 4.99 Å². The normalized spacial score (nSPS) is 16.0. The minimum absolute atomic E-state index is 0.209. The Morgan fingerprint density at radius 3 is 2.96 bits per heavy atom. The molecule has 1 fully saturated rings. The molecular formula is C19H20BrFN4O2S. The highest BCUT2D eigenvalue weighted by Gasteiger charge is 2.31. The van der Waals surface area contributed by atoms with Crippen LogP contribution < -0.4 is 5.32 Å². The number of benzene rings is 1. The zero-order valence-electron chi connectivity index (χ0n) is 15.3. The van der Waals surface area contributed by atoms with Crippen molar-refractivity contribution in [1.29, 1.82) is 0 Å². The lowest BCUT2D eigenvalue weighted by Crippen LogP contribution is -2.48. The van der Waals surface area contributed by atoms with Crippen molar-refractivity contribution in [2.75, 3.05) is 32.8 Å². The molecule has 0 spiro atoms. The van der Waals surface area contributed by atoms with Crippen LogP contribution in [0.1, 0.15) is 11.9 Å². The smallest absolute Gasteiger partial charge is 0.337 e. The number of fused-ring (bicyclic) bond motifs is 1. The third-order valence-corrected chi connectivity index (χ3v) is 5.32. The Kier molecular flexibility index (Phi) is 7.30. The van der Waals surface area contributed by atoms with Gasteiger partial charge in [0.1, 0.15) is 5.82 Å². The molecule has 2 aliphatic heterocycles. The molecule has 1 N–H and O–H groups in total. The van der Waals surface area contributed by atoms with E-state index >= 15 is 0 Å². The predicted molar refractivity (Wildman–Crippen MR) is 111 cm³/mol. The molecule has 6 nitrogen and oxygen atoms in total. The van der Waals surface area contributed by atoms with Crippen molar-refractivity contribution < 1.29 is 13.9 Å². The van der Waals surface area contributed by atoms with Crippen molar-refractivity contribution in [3.8, 4) is 0 Å². The maximum atomic E-state index is 12.1. The topological polar surface area (TPSA) is 66.8 Å².